The maximum Gasteiger partial charge on any atom is 0.261 e. The molecule has 0 radical (unpaired) electrons. The average Bonchev–Trinajstić information content (AvgIpc) is 2.55. The van der Waals surface area contributed by atoms with Crippen LogP contribution in [0.3, 0.4) is 0 Å². The van der Waals surface area contributed by atoms with Crippen LogP contribution in [0.25, 0.3) is 0 Å². The van der Waals surface area contributed by atoms with E-state index in [1.54, 1.807) is 12.1 Å². The van der Waals surface area contributed by atoms with Gasteiger partial charge in [0, 0.05) is 12.2 Å². The van der Waals surface area contributed by atoms with Crippen LogP contribution in [0.2, 0.25) is 0 Å². The molecule has 2 aromatic rings. The molecule has 0 heterocycles. The van der Waals surface area contributed by atoms with Crippen molar-refractivity contribution in [3.8, 4) is 0 Å². The van der Waals surface area contributed by atoms with Gasteiger partial charge in [-0.3, -0.25) is 4.72 Å². The topological polar surface area (TPSA) is 92.3 Å². The molecule has 0 aliphatic carbocycles. The van der Waals surface area contributed by atoms with Gasteiger partial charge in [0.1, 0.15) is 0 Å². The number of nitrogens with one attached hydrogen (secondary N) is 2. The van der Waals surface area contributed by atoms with E-state index in [4.69, 9.17) is 0 Å². The summed E-state index contributed by atoms with van der Waals surface area (Å²) in [5.74, 6) is 0. The SMILES string of the molecule is CCCNS(=O)(=O)c1ccc(NS(=O)(=O)c2ccc(C)c(C)c2)cc1. The van der Waals surface area contributed by atoms with E-state index in [1.807, 2.05) is 20.8 Å². The van der Waals surface area contributed by atoms with Gasteiger partial charge in [0.25, 0.3) is 10.0 Å². The molecule has 2 N–H and O–H groups in total. The van der Waals surface area contributed by atoms with Crippen LogP contribution in [0.5, 0.6) is 0 Å². The third kappa shape index (κ3) is 4.81. The maximum atomic E-state index is 12.4. The first-order valence-corrected chi connectivity index (χ1v) is 10.8. The Morgan fingerprint density at radius 1 is 0.800 bits per heavy atom. The van der Waals surface area contributed by atoms with Gasteiger partial charge in [-0.05, 0) is 67.8 Å². The van der Waals surface area contributed by atoms with Gasteiger partial charge in [-0.15, -0.1) is 0 Å². The number of hydrogen-bond donors (Lipinski definition) is 2. The zero-order valence-corrected chi connectivity index (χ0v) is 16.0. The van der Waals surface area contributed by atoms with Crippen LogP contribution in [-0.2, 0) is 20.0 Å². The highest BCUT2D eigenvalue weighted by molar-refractivity contribution is 7.92. The number of hydrogen-bond acceptors (Lipinski definition) is 4. The summed E-state index contributed by atoms with van der Waals surface area (Å²) in [6.07, 6.45) is 0.688. The van der Waals surface area contributed by atoms with Gasteiger partial charge in [0.2, 0.25) is 10.0 Å². The third-order valence-electron chi connectivity index (χ3n) is 3.75. The molecule has 8 heteroatoms. The predicted molar refractivity (Wildman–Crippen MR) is 98.6 cm³/mol. The summed E-state index contributed by atoms with van der Waals surface area (Å²) in [6.45, 7) is 5.97. The molecule has 136 valence electrons. The summed E-state index contributed by atoms with van der Waals surface area (Å²) in [4.78, 5) is 0.256. The summed E-state index contributed by atoms with van der Waals surface area (Å²) in [5, 5.41) is 0. The molecule has 2 aromatic carbocycles. The molecule has 2 rings (SSSR count). The Balaban J connectivity index is 2.21. The highest BCUT2D eigenvalue weighted by Gasteiger charge is 2.16. The van der Waals surface area contributed by atoms with Crippen molar-refractivity contribution in [1.82, 2.24) is 4.72 Å². The van der Waals surface area contributed by atoms with Crippen molar-refractivity contribution >= 4 is 25.7 Å². The van der Waals surface area contributed by atoms with Crippen LogP contribution < -0.4 is 9.44 Å². The number of rotatable bonds is 7. The minimum atomic E-state index is -3.73. The third-order valence-corrected chi connectivity index (χ3v) is 6.60. The van der Waals surface area contributed by atoms with Gasteiger partial charge in [-0.2, -0.15) is 0 Å². The predicted octanol–water partition coefficient (Wildman–Crippen LogP) is 2.79. The van der Waals surface area contributed by atoms with Gasteiger partial charge < -0.3 is 0 Å². The van der Waals surface area contributed by atoms with Crippen molar-refractivity contribution in [2.75, 3.05) is 11.3 Å². The molecule has 0 saturated heterocycles. The molecule has 0 aliphatic heterocycles. The van der Waals surface area contributed by atoms with E-state index in [0.29, 0.717) is 18.7 Å². The number of anilines is 1. The van der Waals surface area contributed by atoms with Crippen LogP contribution in [-0.4, -0.2) is 23.4 Å². The highest BCUT2D eigenvalue weighted by atomic mass is 32.2. The van der Waals surface area contributed by atoms with Crippen LogP contribution >= 0.6 is 0 Å². The number of sulfonamides is 2. The fourth-order valence-corrected chi connectivity index (χ4v) is 4.39. The van der Waals surface area contributed by atoms with E-state index >= 15 is 0 Å². The van der Waals surface area contributed by atoms with E-state index in [0.717, 1.165) is 11.1 Å². The quantitative estimate of drug-likeness (QED) is 0.770. The van der Waals surface area contributed by atoms with Crippen molar-refractivity contribution < 1.29 is 16.8 Å². The fourth-order valence-electron chi connectivity index (χ4n) is 2.12. The summed E-state index contributed by atoms with van der Waals surface area (Å²) >= 11 is 0. The van der Waals surface area contributed by atoms with Gasteiger partial charge in [0.15, 0.2) is 0 Å². The van der Waals surface area contributed by atoms with Gasteiger partial charge in [-0.1, -0.05) is 13.0 Å². The van der Waals surface area contributed by atoms with Gasteiger partial charge in [-0.25, -0.2) is 21.6 Å². The lowest BCUT2D eigenvalue weighted by Gasteiger charge is -2.11. The molecule has 0 saturated carbocycles. The Morgan fingerprint density at radius 3 is 1.96 bits per heavy atom. The zero-order valence-electron chi connectivity index (χ0n) is 14.4. The van der Waals surface area contributed by atoms with Crippen molar-refractivity contribution in [2.45, 2.75) is 37.0 Å². The molecule has 0 amide bonds. The minimum Gasteiger partial charge on any atom is -0.280 e. The molecule has 0 bridgehead atoms. The average molecular weight is 383 g/mol. The smallest absolute Gasteiger partial charge is 0.261 e. The van der Waals surface area contributed by atoms with E-state index in [1.165, 1.54) is 30.3 Å². The molecule has 0 spiro atoms. The molecule has 6 nitrogen and oxygen atoms in total. The standard InChI is InChI=1S/C17H22N2O4S2/c1-4-11-18-24(20,21)16-9-6-15(7-10-16)19-25(22,23)17-8-5-13(2)14(3)12-17/h5-10,12,18-19H,4,11H2,1-3H3. The number of aryl methyl sites for hydroxylation is 2. The summed E-state index contributed by atoms with van der Waals surface area (Å²) in [5.41, 5.74) is 2.19. The first kappa shape index (κ1) is 19.4. The molecule has 0 atom stereocenters. The minimum absolute atomic E-state index is 0.0927. The Morgan fingerprint density at radius 2 is 1.40 bits per heavy atom. The Labute approximate surface area is 149 Å². The van der Waals surface area contributed by atoms with E-state index in [9.17, 15) is 16.8 Å². The van der Waals surface area contributed by atoms with E-state index in [2.05, 4.69) is 9.44 Å². The Bertz CT molecular complexity index is 951. The summed E-state index contributed by atoms with van der Waals surface area (Å²) in [7, 11) is -7.30. The Hall–Kier alpha value is -1.90. The van der Waals surface area contributed by atoms with E-state index < -0.39 is 20.0 Å². The first-order chi connectivity index (χ1) is 11.7. The fraction of sp³-hybridized carbons (Fsp3) is 0.294. The number of benzene rings is 2. The maximum absolute atomic E-state index is 12.4. The molecular formula is C17H22N2O4S2. The molecule has 25 heavy (non-hydrogen) atoms. The second-order valence-corrected chi connectivity index (χ2v) is 9.22. The van der Waals surface area contributed by atoms with Crippen molar-refractivity contribution in [3.63, 3.8) is 0 Å². The van der Waals surface area contributed by atoms with Gasteiger partial charge in [0.05, 0.1) is 9.79 Å². The molecule has 0 aromatic heterocycles. The highest BCUT2D eigenvalue weighted by Crippen LogP contribution is 2.20. The molecular weight excluding hydrogens is 360 g/mol. The lowest BCUT2D eigenvalue weighted by Crippen LogP contribution is -2.24. The molecule has 0 fully saturated rings. The van der Waals surface area contributed by atoms with Crippen molar-refractivity contribution in [1.29, 1.82) is 0 Å². The second kappa shape index (κ2) is 7.55. The van der Waals surface area contributed by atoms with Crippen LogP contribution in [0, 0.1) is 13.8 Å². The largest absolute Gasteiger partial charge is 0.280 e. The molecule has 0 unspecified atom stereocenters. The lowest BCUT2D eigenvalue weighted by molar-refractivity contribution is 0.581. The van der Waals surface area contributed by atoms with Crippen LogP contribution in [0.4, 0.5) is 5.69 Å². The summed E-state index contributed by atoms with van der Waals surface area (Å²) < 4.78 is 53.9. The molecule has 0 aliphatic rings. The van der Waals surface area contributed by atoms with Crippen LogP contribution in [0.15, 0.2) is 52.3 Å². The van der Waals surface area contributed by atoms with Crippen molar-refractivity contribution in [2.24, 2.45) is 0 Å². The Kier molecular flexibility index (Phi) is 5.87. The first-order valence-electron chi connectivity index (χ1n) is 7.85. The van der Waals surface area contributed by atoms with Gasteiger partial charge >= 0.3 is 0 Å². The van der Waals surface area contributed by atoms with E-state index in [-0.39, 0.29) is 9.79 Å². The van der Waals surface area contributed by atoms with Crippen LogP contribution in [0.1, 0.15) is 24.5 Å². The zero-order chi connectivity index (χ0) is 18.7. The summed E-state index contributed by atoms with van der Waals surface area (Å²) in [6, 6.07) is 10.5. The monoisotopic (exact) mass is 382 g/mol. The van der Waals surface area contributed by atoms with Crippen molar-refractivity contribution in [3.05, 3.63) is 53.6 Å². The second-order valence-electron chi connectivity index (χ2n) is 5.77. The lowest BCUT2D eigenvalue weighted by atomic mass is 10.1. The normalized spacial score (nSPS) is 12.1.